The lowest BCUT2D eigenvalue weighted by Gasteiger charge is -2.42. The molecule has 3 aliphatic rings. The first-order valence-electron chi connectivity index (χ1n) is 11.3. The van der Waals surface area contributed by atoms with Crippen LogP contribution in [0, 0.1) is 16.6 Å². The molecule has 0 spiro atoms. The van der Waals surface area contributed by atoms with Crippen molar-refractivity contribution in [1.82, 2.24) is 0 Å². The Morgan fingerprint density at radius 2 is 1.97 bits per heavy atom. The minimum Gasteiger partial charge on any atom is -0.431 e. The smallest absolute Gasteiger partial charge is 0.431 e. The quantitative estimate of drug-likeness (QED) is 0.518. The van der Waals surface area contributed by atoms with E-state index >= 15 is 0 Å². The lowest BCUT2D eigenvalue weighted by Crippen LogP contribution is -2.35. The monoisotopic (exact) mass is 443 g/mol. The number of anilines is 1. The average Bonchev–Trinajstić information content (AvgIpc) is 3.05. The van der Waals surface area contributed by atoms with E-state index in [0.29, 0.717) is 23.4 Å². The molecule has 166 valence electrons. The third-order valence-electron chi connectivity index (χ3n) is 7.49. The molecule has 0 unspecified atom stereocenters. The van der Waals surface area contributed by atoms with E-state index in [1.807, 2.05) is 19.1 Å². The highest BCUT2D eigenvalue weighted by Gasteiger charge is 2.45. The largest absolute Gasteiger partial charge is 0.504 e. The first-order chi connectivity index (χ1) is 15.0. The van der Waals surface area contributed by atoms with Gasteiger partial charge in [0.05, 0.1) is 0 Å². The highest BCUT2D eigenvalue weighted by Crippen LogP contribution is 2.55. The SMILES string of the molecule is C/C=C/c1ccc(-c2sc[nH+]c2NC(=O)OCC23CCCC(CC)(CC2)CC3)cc1F. The summed E-state index contributed by atoms with van der Waals surface area (Å²) in [6, 6.07) is 5.11. The molecule has 1 amide bonds. The minimum absolute atomic E-state index is 0.138. The van der Waals surface area contributed by atoms with Crippen molar-refractivity contribution in [3.63, 3.8) is 0 Å². The van der Waals surface area contributed by atoms with E-state index in [2.05, 4.69) is 17.2 Å². The van der Waals surface area contributed by atoms with Crippen molar-refractivity contribution in [1.29, 1.82) is 0 Å². The number of hydrogen-bond acceptors (Lipinski definition) is 3. The number of thiazole rings is 1. The predicted octanol–water partition coefficient (Wildman–Crippen LogP) is 7.09. The Morgan fingerprint density at radius 1 is 1.23 bits per heavy atom. The molecule has 1 heterocycles. The lowest BCUT2D eigenvalue weighted by atomic mass is 9.64. The Hall–Kier alpha value is -2.21. The first-order valence-corrected chi connectivity index (χ1v) is 12.2. The highest BCUT2D eigenvalue weighted by atomic mass is 32.1. The van der Waals surface area contributed by atoms with Crippen molar-refractivity contribution in [2.75, 3.05) is 11.9 Å². The number of hydrogen-bond donors (Lipinski definition) is 1. The van der Waals surface area contributed by atoms with Gasteiger partial charge in [-0.25, -0.2) is 9.37 Å². The number of halogens is 1. The van der Waals surface area contributed by atoms with Gasteiger partial charge in [-0.3, -0.25) is 0 Å². The molecular weight excluding hydrogens is 411 g/mol. The summed E-state index contributed by atoms with van der Waals surface area (Å²) < 4.78 is 20.1. The Bertz CT molecular complexity index is 960. The second-order valence-electron chi connectivity index (χ2n) is 9.23. The van der Waals surface area contributed by atoms with Gasteiger partial charge in [0.1, 0.15) is 22.8 Å². The van der Waals surface area contributed by atoms with Crippen molar-refractivity contribution in [3.05, 3.63) is 41.2 Å². The number of H-pyrrole nitrogens is 1. The first kappa shape index (κ1) is 22.0. The van der Waals surface area contributed by atoms with Crippen LogP contribution in [-0.4, -0.2) is 12.7 Å². The molecule has 2 N–H and O–H groups in total. The number of carbonyl (C=O) groups excluding carboxylic acids is 1. The van der Waals surface area contributed by atoms with Gasteiger partial charge in [0.15, 0.2) is 0 Å². The average molecular weight is 444 g/mol. The number of benzene rings is 1. The van der Waals surface area contributed by atoms with E-state index in [1.54, 1.807) is 17.7 Å². The summed E-state index contributed by atoms with van der Waals surface area (Å²) in [6.45, 7) is 4.65. The molecule has 3 saturated carbocycles. The van der Waals surface area contributed by atoms with Gasteiger partial charge in [-0.1, -0.05) is 55.4 Å². The normalized spacial score (nSPS) is 25.5. The van der Waals surface area contributed by atoms with Gasteiger partial charge in [0.2, 0.25) is 0 Å². The maximum atomic E-state index is 14.4. The molecule has 1 aromatic carbocycles. The summed E-state index contributed by atoms with van der Waals surface area (Å²) in [5.41, 5.74) is 3.71. The standard InChI is InChI=1S/C25H31FN2O2S/c1-3-6-18-7-8-19(15-20(18)26)21-22(27-17-31-21)28-23(29)30-16-25-10-5-9-24(4-2,11-13-25)12-14-25/h3,6-8,15,17H,4-5,9-14,16H2,1-2H3,(H,28,29)/p+1/b6-3+. The number of amides is 1. The maximum absolute atomic E-state index is 14.4. The van der Waals surface area contributed by atoms with Gasteiger partial charge in [-0.05, 0) is 56.9 Å². The number of allylic oxidation sites excluding steroid dienone is 1. The molecule has 4 nitrogen and oxygen atoms in total. The van der Waals surface area contributed by atoms with Gasteiger partial charge in [-0.2, -0.15) is 10.1 Å². The number of nitrogens with one attached hydrogen (secondary N) is 2. The zero-order valence-corrected chi connectivity index (χ0v) is 19.2. The van der Waals surface area contributed by atoms with Crippen LogP contribution in [0.1, 0.15) is 70.8 Å². The molecule has 2 bridgehead atoms. The zero-order chi connectivity index (χ0) is 21.9. The van der Waals surface area contributed by atoms with Gasteiger partial charge in [-0.15, -0.1) is 0 Å². The fourth-order valence-corrected chi connectivity index (χ4v) is 6.10. The van der Waals surface area contributed by atoms with Crippen LogP contribution in [0.5, 0.6) is 0 Å². The third kappa shape index (κ3) is 4.69. The van der Waals surface area contributed by atoms with Gasteiger partial charge < -0.3 is 4.74 Å². The van der Waals surface area contributed by atoms with Gasteiger partial charge in [0, 0.05) is 16.5 Å². The van der Waals surface area contributed by atoms with Crippen molar-refractivity contribution in [2.24, 2.45) is 10.8 Å². The zero-order valence-electron chi connectivity index (χ0n) is 18.4. The molecule has 0 saturated heterocycles. The van der Waals surface area contributed by atoms with Crippen LogP contribution in [0.2, 0.25) is 0 Å². The number of fused-ring (bicyclic) bond motifs is 4. The fourth-order valence-electron chi connectivity index (χ4n) is 5.31. The number of ether oxygens (including phenoxy) is 1. The Kier molecular flexibility index (Phi) is 6.47. The number of rotatable bonds is 6. The Labute approximate surface area is 187 Å². The Balaban J connectivity index is 1.39. The molecule has 2 aromatic rings. The van der Waals surface area contributed by atoms with Crippen LogP contribution in [0.25, 0.3) is 16.5 Å². The van der Waals surface area contributed by atoms with Crippen LogP contribution < -0.4 is 10.3 Å². The number of carbonyl (C=O) groups is 1. The van der Waals surface area contributed by atoms with Crippen LogP contribution in [-0.2, 0) is 4.74 Å². The molecule has 0 radical (unpaired) electrons. The molecule has 3 fully saturated rings. The molecule has 31 heavy (non-hydrogen) atoms. The molecule has 3 aliphatic carbocycles. The minimum atomic E-state index is -0.451. The molecule has 0 aliphatic heterocycles. The van der Waals surface area contributed by atoms with E-state index in [-0.39, 0.29) is 11.2 Å². The summed E-state index contributed by atoms with van der Waals surface area (Å²) >= 11 is 1.42. The summed E-state index contributed by atoms with van der Waals surface area (Å²) in [4.78, 5) is 16.4. The molecule has 5 rings (SSSR count). The van der Waals surface area contributed by atoms with Crippen LogP contribution in [0.3, 0.4) is 0 Å². The van der Waals surface area contributed by atoms with E-state index in [0.717, 1.165) is 29.7 Å². The third-order valence-corrected chi connectivity index (χ3v) is 8.40. The molecule has 6 heteroatoms. The van der Waals surface area contributed by atoms with Gasteiger partial charge in [0.25, 0.3) is 0 Å². The van der Waals surface area contributed by atoms with Crippen LogP contribution >= 0.6 is 11.3 Å². The van der Waals surface area contributed by atoms with E-state index in [1.165, 1.54) is 49.5 Å². The molecular formula is C25H32FN2O2S+. The van der Waals surface area contributed by atoms with Crippen LogP contribution in [0.15, 0.2) is 29.8 Å². The summed E-state index contributed by atoms with van der Waals surface area (Å²) in [7, 11) is 0. The fraction of sp³-hybridized carbons (Fsp3) is 0.520. The van der Waals surface area contributed by atoms with E-state index in [9.17, 15) is 9.18 Å². The second kappa shape index (κ2) is 9.11. The lowest BCUT2D eigenvalue weighted by molar-refractivity contribution is -0.353. The van der Waals surface area contributed by atoms with Crippen molar-refractivity contribution >= 4 is 29.3 Å². The summed E-state index contributed by atoms with van der Waals surface area (Å²) in [6.07, 6.45) is 12.9. The summed E-state index contributed by atoms with van der Waals surface area (Å²) in [5.74, 6) is 0.255. The van der Waals surface area contributed by atoms with E-state index < -0.39 is 6.09 Å². The van der Waals surface area contributed by atoms with E-state index in [4.69, 9.17) is 4.74 Å². The highest BCUT2D eigenvalue weighted by molar-refractivity contribution is 7.13. The van der Waals surface area contributed by atoms with Crippen molar-refractivity contribution in [2.45, 2.75) is 65.2 Å². The number of aromatic nitrogens is 1. The van der Waals surface area contributed by atoms with Crippen molar-refractivity contribution in [3.8, 4) is 10.4 Å². The summed E-state index contributed by atoms with van der Waals surface area (Å²) in [5, 5.41) is 2.83. The second-order valence-corrected chi connectivity index (χ2v) is 10.1. The maximum Gasteiger partial charge on any atom is 0.504 e. The molecule has 0 atom stereocenters. The van der Waals surface area contributed by atoms with Crippen LogP contribution in [0.4, 0.5) is 15.0 Å². The molecule has 1 aromatic heterocycles. The Morgan fingerprint density at radius 3 is 2.68 bits per heavy atom. The van der Waals surface area contributed by atoms with Crippen molar-refractivity contribution < 1.29 is 18.9 Å². The number of aromatic amines is 1. The predicted molar refractivity (Wildman–Crippen MR) is 123 cm³/mol. The van der Waals surface area contributed by atoms with Gasteiger partial charge >= 0.3 is 11.9 Å². The topological polar surface area (TPSA) is 52.5 Å².